The first kappa shape index (κ1) is 15.4. The van der Waals surface area contributed by atoms with Crippen molar-refractivity contribution < 1.29 is 4.79 Å². The van der Waals surface area contributed by atoms with Crippen molar-refractivity contribution in [3.05, 3.63) is 0 Å². The summed E-state index contributed by atoms with van der Waals surface area (Å²) in [7, 11) is 2.00. The minimum absolute atomic E-state index is 0.281. The van der Waals surface area contributed by atoms with Gasteiger partial charge < -0.3 is 10.6 Å². The van der Waals surface area contributed by atoms with Crippen molar-refractivity contribution >= 4 is 5.91 Å². The van der Waals surface area contributed by atoms with Crippen molar-refractivity contribution in [1.29, 1.82) is 0 Å². The number of rotatable bonds is 7. The van der Waals surface area contributed by atoms with Crippen LogP contribution < -0.4 is 5.73 Å². The Balaban J connectivity index is 2.40. The van der Waals surface area contributed by atoms with Crippen LogP contribution in [0.1, 0.15) is 45.4 Å². The van der Waals surface area contributed by atoms with Gasteiger partial charge in [0.05, 0.1) is 6.54 Å². The van der Waals surface area contributed by atoms with Crippen LogP contribution in [0.5, 0.6) is 0 Å². The standard InChI is InChI=1S/C14H29N3O/c1-3-17(13-8-5-4-6-9-13)14(18)12-16(2)11-7-10-15/h13H,3-12,15H2,1-2H3. The molecule has 1 amide bonds. The van der Waals surface area contributed by atoms with E-state index in [1.165, 1.54) is 32.1 Å². The Morgan fingerprint density at radius 2 is 1.94 bits per heavy atom. The Kier molecular flexibility index (Phi) is 7.28. The van der Waals surface area contributed by atoms with E-state index in [0.717, 1.165) is 19.5 Å². The lowest BCUT2D eigenvalue weighted by Gasteiger charge is -2.34. The summed E-state index contributed by atoms with van der Waals surface area (Å²) in [6, 6.07) is 0.485. The molecule has 0 saturated heterocycles. The Morgan fingerprint density at radius 1 is 1.28 bits per heavy atom. The minimum Gasteiger partial charge on any atom is -0.339 e. The van der Waals surface area contributed by atoms with Gasteiger partial charge in [-0.3, -0.25) is 9.69 Å². The van der Waals surface area contributed by atoms with Gasteiger partial charge in [0, 0.05) is 12.6 Å². The first-order valence-electron chi connectivity index (χ1n) is 7.37. The number of carbonyl (C=O) groups is 1. The highest BCUT2D eigenvalue weighted by atomic mass is 16.2. The van der Waals surface area contributed by atoms with E-state index in [1.807, 2.05) is 7.05 Å². The second kappa shape index (κ2) is 8.48. The summed E-state index contributed by atoms with van der Waals surface area (Å²) in [6.07, 6.45) is 7.21. The number of hydrogen-bond acceptors (Lipinski definition) is 3. The highest BCUT2D eigenvalue weighted by Gasteiger charge is 2.24. The monoisotopic (exact) mass is 255 g/mol. The first-order valence-corrected chi connectivity index (χ1v) is 7.37. The molecule has 0 aromatic heterocycles. The molecule has 0 spiro atoms. The van der Waals surface area contributed by atoms with E-state index in [-0.39, 0.29) is 5.91 Å². The van der Waals surface area contributed by atoms with Crippen LogP contribution in [0.25, 0.3) is 0 Å². The molecule has 18 heavy (non-hydrogen) atoms. The first-order chi connectivity index (χ1) is 8.69. The normalized spacial score (nSPS) is 17.1. The molecule has 2 N–H and O–H groups in total. The molecule has 1 rings (SSSR count). The summed E-state index contributed by atoms with van der Waals surface area (Å²) in [5, 5.41) is 0. The van der Waals surface area contributed by atoms with Crippen LogP contribution in [-0.2, 0) is 4.79 Å². The quantitative estimate of drug-likeness (QED) is 0.749. The summed E-state index contributed by atoms with van der Waals surface area (Å²) in [5.74, 6) is 0.281. The molecule has 0 radical (unpaired) electrons. The third-order valence-corrected chi connectivity index (χ3v) is 3.83. The van der Waals surface area contributed by atoms with E-state index in [0.29, 0.717) is 19.1 Å². The minimum atomic E-state index is 0.281. The van der Waals surface area contributed by atoms with Gasteiger partial charge in [-0.2, -0.15) is 0 Å². The molecule has 0 bridgehead atoms. The molecular weight excluding hydrogens is 226 g/mol. The zero-order chi connectivity index (χ0) is 13.4. The molecule has 1 aliphatic rings. The Labute approximate surface area is 111 Å². The van der Waals surface area contributed by atoms with Crippen LogP contribution in [0.4, 0.5) is 0 Å². The molecule has 4 nitrogen and oxygen atoms in total. The van der Waals surface area contributed by atoms with E-state index in [2.05, 4.69) is 16.7 Å². The average molecular weight is 255 g/mol. The van der Waals surface area contributed by atoms with Gasteiger partial charge in [-0.05, 0) is 46.3 Å². The predicted molar refractivity (Wildman–Crippen MR) is 75.4 cm³/mol. The summed E-state index contributed by atoms with van der Waals surface area (Å²) in [4.78, 5) is 16.5. The maximum atomic E-state index is 12.3. The van der Waals surface area contributed by atoms with Gasteiger partial charge in [0.15, 0.2) is 0 Å². The molecular formula is C14H29N3O. The fraction of sp³-hybridized carbons (Fsp3) is 0.929. The summed E-state index contributed by atoms with van der Waals surface area (Å²) < 4.78 is 0. The molecule has 1 saturated carbocycles. The van der Waals surface area contributed by atoms with Crippen molar-refractivity contribution in [1.82, 2.24) is 9.80 Å². The lowest BCUT2D eigenvalue weighted by molar-refractivity contribution is -0.134. The van der Waals surface area contributed by atoms with E-state index in [4.69, 9.17) is 5.73 Å². The molecule has 0 aromatic rings. The highest BCUT2D eigenvalue weighted by Crippen LogP contribution is 2.22. The maximum absolute atomic E-state index is 12.3. The second-order valence-electron chi connectivity index (χ2n) is 5.35. The summed E-state index contributed by atoms with van der Waals surface area (Å²) >= 11 is 0. The van der Waals surface area contributed by atoms with Crippen LogP contribution in [0.3, 0.4) is 0 Å². The molecule has 0 aliphatic heterocycles. The molecule has 0 unspecified atom stereocenters. The van der Waals surface area contributed by atoms with Crippen LogP contribution in [0.15, 0.2) is 0 Å². The molecule has 106 valence electrons. The molecule has 0 heterocycles. The fourth-order valence-electron chi connectivity index (χ4n) is 2.79. The van der Waals surface area contributed by atoms with Crippen molar-refractivity contribution in [3.63, 3.8) is 0 Å². The van der Waals surface area contributed by atoms with Crippen molar-refractivity contribution in [2.45, 2.75) is 51.5 Å². The molecule has 0 atom stereocenters. The molecule has 1 fully saturated rings. The Morgan fingerprint density at radius 3 is 2.50 bits per heavy atom. The number of amides is 1. The Hall–Kier alpha value is -0.610. The third kappa shape index (κ3) is 4.94. The van der Waals surface area contributed by atoms with E-state index in [9.17, 15) is 4.79 Å². The van der Waals surface area contributed by atoms with Crippen molar-refractivity contribution in [3.8, 4) is 0 Å². The topological polar surface area (TPSA) is 49.6 Å². The SMILES string of the molecule is CCN(C(=O)CN(C)CCCN)C1CCCCC1. The summed E-state index contributed by atoms with van der Waals surface area (Å²) in [6.45, 7) is 5.06. The number of nitrogens with zero attached hydrogens (tertiary/aromatic N) is 2. The maximum Gasteiger partial charge on any atom is 0.236 e. The fourth-order valence-corrected chi connectivity index (χ4v) is 2.79. The van der Waals surface area contributed by atoms with Crippen molar-refractivity contribution in [2.24, 2.45) is 5.73 Å². The lowest BCUT2D eigenvalue weighted by atomic mass is 9.94. The highest BCUT2D eigenvalue weighted by molar-refractivity contribution is 5.78. The average Bonchev–Trinajstić information content (AvgIpc) is 2.38. The lowest BCUT2D eigenvalue weighted by Crippen LogP contribution is -2.45. The van der Waals surface area contributed by atoms with Gasteiger partial charge in [0.2, 0.25) is 5.91 Å². The molecule has 0 aromatic carbocycles. The van der Waals surface area contributed by atoms with Gasteiger partial charge in [-0.15, -0.1) is 0 Å². The third-order valence-electron chi connectivity index (χ3n) is 3.83. The van der Waals surface area contributed by atoms with Gasteiger partial charge in [-0.25, -0.2) is 0 Å². The number of nitrogens with two attached hydrogens (primary N) is 1. The van der Waals surface area contributed by atoms with Crippen LogP contribution >= 0.6 is 0 Å². The van der Waals surface area contributed by atoms with E-state index in [1.54, 1.807) is 0 Å². The van der Waals surface area contributed by atoms with Crippen LogP contribution in [0, 0.1) is 0 Å². The Bertz CT molecular complexity index is 239. The van der Waals surface area contributed by atoms with E-state index < -0.39 is 0 Å². The van der Waals surface area contributed by atoms with Gasteiger partial charge >= 0.3 is 0 Å². The molecule has 4 heteroatoms. The smallest absolute Gasteiger partial charge is 0.236 e. The second-order valence-corrected chi connectivity index (χ2v) is 5.35. The van der Waals surface area contributed by atoms with E-state index >= 15 is 0 Å². The van der Waals surface area contributed by atoms with Crippen LogP contribution in [-0.4, -0.2) is 55.0 Å². The summed E-state index contributed by atoms with van der Waals surface area (Å²) in [5.41, 5.74) is 5.49. The number of carbonyl (C=O) groups excluding carboxylic acids is 1. The van der Waals surface area contributed by atoms with Gasteiger partial charge in [-0.1, -0.05) is 19.3 Å². The number of hydrogen-bond donors (Lipinski definition) is 1. The van der Waals surface area contributed by atoms with Crippen molar-refractivity contribution in [2.75, 3.05) is 33.2 Å². The zero-order valence-electron chi connectivity index (χ0n) is 12.0. The van der Waals surface area contributed by atoms with Gasteiger partial charge in [0.1, 0.15) is 0 Å². The molecule has 1 aliphatic carbocycles. The van der Waals surface area contributed by atoms with Gasteiger partial charge in [0.25, 0.3) is 0 Å². The zero-order valence-corrected chi connectivity index (χ0v) is 12.0. The predicted octanol–water partition coefficient (Wildman–Crippen LogP) is 1.45. The number of likely N-dealkylation sites (N-methyl/N-ethyl adjacent to an activating group) is 2. The largest absolute Gasteiger partial charge is 0.339 e. The van der Waals surface area contributed by atoms with Crippen LogP contribution in [0.2, 0.25) is 0 Å².